The van der Waals surface area contributed by atoms with E-state index in [-0.39, 0.29) is 6.08 Å². The second-order valence-electron chi connectivity index (χ2n) is 1.51. The van der Waals surface area contributed by atoms with E-state index in [1.165, 1.54) is 13.4 Å². The zero-order valence-electron chi connectivity index (χ0n) is 5.13. The van der Waals surface area contributed by atoms with Gasteiger partial charge in [-0.05, 0) is 0 Å². The number of oxazole rings is 1. The molecule has 9 heavy (non-hydrogen) atoms. The Morgan fingerprint density at radius 3 is 3.00 bits per heavy atom. The van der Waals surface area contributed by atoms with Crippen molar-refractivity contribution in [2.45, 2.75) is 6.54 Å². The minimum Gasteiger partial charge on any atom is -0.454 e. The fourth-order valence-corrected chi connectivity index (χ4v) is 0.476. The lowest BCUT2D eigenvalue weighted by atomic mass is 10.5. The fourth-order valence-electron chi connectivity index (χ4n) is 0.476. The largest absolute Gasteiger partial charge is 0.454 e. The van der Waals surface area contributed by atoms with E-state index >= 15 is 0 Å². The molecule has 0 amide bonds. The van der Waals surface area contributed by atoms with E-state index in [2.05, 4.69) is 9.72 Å². The van der Waals surface area contributed by atoms with Gasteiger partial charge in [0.05, 0.1) is 12.8 Å². The van der Waals surface area contributed by atoms with Gasteiger partial charge in [0.2, 0.25) is 0 Å². The van der Waals surface area contributed by atoms with Crippen LogP contribution in [0.4, 0.5) is 0 Å². The highest BCUT2D eigenvalue weighted by Gasteiger charge is 1.98. The van der Waals surface area contributed by atoms with Gasteiger partial charge >= 0.3 is 6.08 Å². The number of aromatic nitrogens is 1. The zero-order valence-corrected chi connectivity index (χ0v) is 5.13. The fraction of sp³-hybridized carbons (Fsp3) is 0.400. The normalized spacial score (nSPS) is 9.56. The highest BCUT2D eigenvalue weighted by atomic mass is 16.6. The molecule has 4 heteroatoms. The van der Waals surface area contributed by atoms with Crippen LogP contribution in [0.1, 0.15) is 5.69 Å². The van der Waals surface area contributed by atoms with Gasteiger partial charge in [-0.25, -0.2) is 0 Å². The predicted octanol–water partition coefficient (Wildman–Crippen LogP) is 0.142. The maximum atomic E-state index is 5.24. The van der Waals surface area contributed by atoms with Gasteiger partial charge in [-0.2, -0.15) is 4.98 Å². The topological polar surface area (TPSA) is 61.3 Å². The second kappa shape index (κ2) is 2.50. The third-order valence-electron chi connectivity index (χ3n) is 0.914. The van der Waals surface area contributed by atoms with Gasteiger partial charge in [-0.1, -0.05) is 0 Å². The summed E-state index contributed by atoms with van der Waals surface area (Å²) in [6.45, 7) is 0.382. The van der Waals surface area contributed by atoms with Crippen molar-refractivity contribution in [2.24, 2.45) is 5.73 Å². The first-order chi connectivity index (χ1) is 4.36. The summed E-state index contributed by atoms with van der Waals surface area (Å²) < 4.78 is 9.45. The minimum absolute atomic E-state index is 0.260. The van der Waals surface area contributed by atoms with Crippen LogP contribution in [0, 0.1) is 0 Å². The molecular formula is C5H8N2O2. The van der Waals surface area contributed by atoms with E-state index < -0.39 is 0 Å². The van der Waals surface area contributed by atoms with Crippen molar-refractivity contribution < 1.29 is 9.15 Å². The van der Waals surface area contributed by atoms with E-state index in [0.717, 1.165) is 0 Å². The van der Waals surface area contributed by atoms with Gasteiger partial charge in [0.15, 0.2) is 0 Å². The van der Waals surface area contributed by atoms with Crippen LogP contribution in [0.3, 0.4) is 0 Å². The van der Waals surface area contributed by atoms with Crippen molar-refractivity contribution >= 4 is 0 Å². The molecule has 0 fully saturated rings. The van der Waals surface area contributed by atoms with E-state index in [9.17, 15) is 0 Å². The molecular weight excluding hydrogens is 120 g/mol. The van der Waals surface area contributed by atoms with Crippen LogP contribution >= 0.6 is 0 Å². The first-order valence-corrected chi connectivity index (χ1v) is 2.55. The van der Waals surface area contributed by atoms with Crippen molar-refractivity contribution in [1.82, 2.24) is 4.98 Å². The first-order valence-electron chi connectivity index (χ1n) is 2.55. The van der Waals surface area contributed by atoms with Gasteiger partial charge in [0, 0.05) is 6.54 Å². The summed E-state index contributed by atoms with van der Waals surface area (Å²) in [5, 5.41) is 0. The number of hydrogen-bond donors (Lipinski definition) is 1. The van der Waals surface area contributed by atoms with Crippen LogP contribution in [0.15, 0.2) is 10.7 Å². The molecule has 0 aliphatic carbocycles. The highest BCUT2D eigenvalue weighted by Crippen LogP contribution is 2.07. The average molecular weight is 128 g/mol. The molecule has 0 saturated carbocycles. The Kier molecular flexibility index (Phi) is 1.69. The minimum atomic E-state index is 0.260. The Bertz CT molecular complexity index is 166. The molecule has 0 aliphatic rings. The predicted molar refractivity (Wildman–Crippen MR) is 30.9 cm³/mol. The van der Waals surface area contributed by atoms with Crippen molar-refractivity contribution in [3.05, 3.63) is 12.0 Å². The smallest absolute Gasteiger partial charge is 0.393 e. The number of nitrogens with zero attached hydrogens (tertiary/aromatic N) is 1. The highest BCUT2D eigenvalue weighted by molar-refractivity contribution is 4.98. The van der Waals surface area contributed by atoms with E-state index in [4.69, 9.17) is 10.2 Å². The van der Waals surface area contributed by atoms with Crippen LogP contribution in [-0.2, 0) is 6.54 Å². The number of nitrogens with two attached hydrogens (primary N) is 1. The molecule has 0 saturated heterocycles. The summed E-state index contributed by atoms with van der Waals surface area (Å²) >= 11 is 0. The molecule has 4 nitrogen and oxygen atoms in total. The van der Waals surface area contributed by atoms with Crippen LogP contribution in [0.25, 0.3) is 0 Å². The summed E-state index contributed by atoms with van der Waals surface area (Å²) in [5.41, 5.74) is 5.94. The lowest BCUT2D eigenvalue weighted by Crippen LogP contribution is -1.95. The van der Waals surface area contributed by atoms with Crippen molar-refractivity contribution in [3.63, 3.8) is 0 Å². The summed E-state index contributed by atoms with van der Waals surface area (Å²) in [5.74, 6) is 0. The number of rotatable bonds is 2. The number of methoxy groups -OCH3 is 1. The maximum absolute atomic E-state index is 5.24. The molecule has 0 aliphatic heterocycles. The first kappa shape index (κ1) is 6.10. The molecule has 0 unspecified atom stereocenters. The molecule has 0 radical (unpaired) electrons. The van der Waals surface area contributed by atoms with Crippen molar-refractivity contribution in [1.29, 1.82) is 0 Å². The van der Waals surface area contributed by atoms with Crippen molar-refractivity contribution in [2.75, 3.05) is 7.11 Å². The Hall–Kier alpha value is -1.03. The third kappa shape index (κ3) is 1.20. The molecule has 1 aromatic heterocycles. The van der Waals surface area contributed by atoms with Gasteiger partial charge in [-0.3, -0.25) is 0 Å². The molecule has 50 valence electrons. The summed E-state index contributed by atoms with van der Waals surface area (Å²) in [6, 6.07) is 0. The number of ether oxygens (including phenoxy) is 1. The Morgan fingerprint density at radius 1 is 1.89 bits per heavy atom. The average Bonchev–Trinajstić information content (AvgIpc) is 2.34. The molecule has 0 spiro atoms. The Morgan fingerprint density at radius 2 is 2.67 bits per heavy atom. The van der Waals surface area contributed by atoms with Crippen molar-refractivity contribution in [3.8, 4) is 6.08 Å². The quantitative estimate of drug-likeness (QED) is 0.615. The van der Waals surface area contributed by atoms with Crippen LogP contribution in [-0.4, -0.2) is 12.1 Å². The van der Waals surface area contributed by atoms with E-state index in [0.29, 0.717) is 12.2 Å². The molecule has 0 bridgehead atoms. The van der Waals surface area contributed by atoms with Gasteiger partial charge < -0.3 is 14.9 Å². The maximum Gasteiger partial charge on any atom is 0.393 e. The van der Waals surface area contributed by atoms with Crippen LogP contribution in [0.2, 0.25) is 0 Å². The zero-order chi connectivity index (χ0) is 6.69. The Balaban J connectivity index is 2.74. The lowest BCUT2D eigenvalue weighted by molar-refractivity contribution is 0.290. The van der Waals surface area contributed by atoms with Crippen LogP contribution in [0.5, 0.6) is 6.08 Å². The van der Waals surface area contributed by atoms with E-state index in [1.54, 1.807) is 0 Å². The second-order valence-corrected chi connectivity index (χ2v) is 1.51. The molecule has 0 atom stereocenters. The van der Waals surface area contributed by atoms with E-state index in [1.807, 2.05) is 0 Å². The molecule has 2 N–H and O–H groups in total. The number of hydrogen-bond acceptors (Lipinski definition) is 4. The standard InChI is InChI=1S/C5H8N2O2/c1-8-5-7-4(2-6)3-9-5/h3H,2,6H2,1H3. The summed E-state index contributed by atoms with van der Waals surface area (Å²) in [6.07, 6.45) is 1.73. The monoisotopic (exact) mass is 128 g/mol. The van der Waals surface area contributed by atoms with Gasteiger partial charge in [0.1, 0.15) is 6.26 Å². The summed E-state index contributed by atoms with van der Waals surface area (Å²) in [7, 11) is 1.49. The SMILES string of the molecule is COc1nc(CN)co1. The summed E-state index contributed by atoms with van der Waals surface area (Å²) in [4.78, 5) is 3.83. The third-order valence-corrected chi connectivity index (χ3v) is 0.914. The van der Waals surface area contributed by atoms with Gasteiger partial charge in [-0.15, -0.1) is 0 Å². The lowest BCUT2D eigenvalue weighted by Gasteiger charge is -1.84. The molecule has 1 rings (SSSR count). The molecule has 0 aromatic carbocycles. The molecule has 1 aromatic rings. The van der Waals surface area contributed by atoms with Gasteiger partial charge in [0.25, 0.3) is 0 Å². The van der Waals surface area contributed by atoms with Crippen LogP contribution < -0.4 is 10.5 Å². The molecule has 1 heterocycles. The Labute approximate surface area is 52.6 Å².